The first-order valence-electron chi connectivity index (χ1n) is 11.8. The predicted octanol–water partition coefficient (Wildman–Crippen LogP) is 4.78. The molecule has 0 unspecified atom stereocenters. The number of nitrogens with zero attached hydrogens (tertiary/aromatic N) is 1. The number of allylic oxidation sites excluding steroid dienone is 3. The van der Waals surface area contributed by atoms with Crippen molar-refractivity contribution in [1.82, 2.24) is 4.90 Å². The van der Waals surface area contributed by atoms with Crippen LogP contribution < -0.4 is 0 Å². The number of fused-ring (bicyclic) bond motifs is 1. The van der Waals surface area contributed by atoms with E-state index in [0.717, 1.165) is 63.2 Å². The highest BCUT2D eigenvalue weighted by molar-refractivity contribution is 6.10. The molecule has 0 aromatic heterocycles. The summed E-state index contributed by atoms with van der Waals surface area (Å²) >= 11 is 0. The third kappa shape index (κ3) is 7.21. The number of hydrogen-bond donors (Lipinski definition) is 0. The predicted molar refractivity (Wildman–Crippen MR) is 134 cm³/mol. The molecule has 0 spiro atoms. The van der Waals surface area contributed by atoms with E-state index in [2.05, 4.69) is 41.3 Å². The van der Waals surface area contributed by atoms with Crippen LogP contribution in [0.4, 0.5) is 0 Å². The van der Waals surface area contributed by atoms with E-state index < -0.39 is 0 Å². The summed E-state index contributed by atoms with van der Waals surface area (Å²) in [6.45, 7) is 4.84. The summed E-state index contributed by atoms with van der Waals surface area (Å²) in [7, 11) is 0. The zero-order chi connectivity index (χ0) is 22.9. The average molecular weight is 442 g/mol. The van der Waals surface area contributed by atoms with Crippen molar-refractivity contribution in [2.75, 3.05) is 32.8 Å². The molecule has 0 bridgehead atoms. The number of carbonyl (C=O) groups excluding carboxylic acids is 2. The number of rotatable bonds is 10. The van der Waals surface area contributed by atoms with Gasteiger partial charge in [0.25, 0.3) is 0 Å². The molecule has 0 atom stereocenters. The quantitative estimate of drug-likeness (QED) is 0.393. The second-order valence-corrected chi connectivity index (χ2v) is 8.64. The standard InChI is InChI=1S/C29H31NO3/c31-28(22-29(32)15-12-25-10-13-26-4-1-5-27(26)21-25)14-11-24-8-6-23(7-9-24)3-2-16-30-17-19-33-20-18-30/h1,4,6-15,21H,2-3,5,16-20,22H2/b14-11+,15-12+. The highest BCUT2D eigenvalue weighted by Crippen LogP contribution is 2.21. The number of benzene rings is 2. The lowest BCUT2D eigenvalue weighted by molar-refractivity contribution is -0.121. The van der Waals surface area contributed by atoms with Gasteiger partial charge in [0.1, 0.15) is 0 Å². The maximum absolute atomic E-state index is 12.2. The Morgan fingerprint density at radius 1 is 0.909 bits per heavy atom. The van der Waals surface area contributed by atoms with Crippen LogP contribution in [0.5, 0.6) is 0 Å². The fourth-order valence-corrected chi connectivity index (χ4v) is 4.18. The largest absolute Gasteiger partial charge is 0.379 e. The first-order valence-corrected chi connectivity index (χ1v) is 11.8. The van der Waals surface area contributed by atoms with E-state index in [1.807, 2.05) is 18.2 Å². The molecule has 4 heteroatoms. The monoisotopic (exact) mass is 441 g/mol. The minimum atomic E-state index is -0.183. The van der Waals surface area contributed by atoms with E-state index in [0.29, 0.717) is 0 Å². The van der Waals surface area contributed by atoms with Gasteiger partial charge in [0.15, 0.2) is 11.6 Å². The Labute approximate surface area is 196 Å². The van der Waals surface area contributed by atoms with E-state index in [1.54, 1.807) is 12.2 Å². The van der Waals surface area contributed by atoms with Gasteiger partial charge in [-0.3, -0.25) is 14.5 Å². The summed E-state index contributed by atoms with van der Waals surface area (Å²) in [5, 5.41) is 0. The van der Waals surface area contributed by atoms with Gasteiger partial charge >= 0.3 is 0 Å². The number of ketones is 2. The second-order valence-electron chi connectivity index (χ2n) is 8.64. The topological polar surface area (TPSA) is 46.6 Å². The molecule has 1 saturated heterocycles. The highest BCUT2D eigenvalue weighted by Gasteiger charge is 2.09. The van der Waals surface area contributed by atoms with Gasteiger partial charge in [0.2, 0.25) is 0 Å². The van der Waals surface area contributed by atoms with E-state index in [9.17, 15) is 9.59 Å². The van der Waals surface area contributed by atoms with Crippen LogP contribution in [0.1, 0.15) is 40.7 Å². The Balaban J connectivity index is 1.19. The molecule has 1 aliphatic carbocycles. The Morgan fingerprint density at radius 3 is 2.36 bits per heavy atom. The summed E-state index contributed by atoms with van der Waals surface area (Å²) < 4.78 is 5.39. The molecule has 4 rings (SSSR count). The third-order valence-electron chi connectivity index (χ3n) is 6.10. The molecule has 2 aromatic rings. The first-order chi connectivity index (χ1) is 16.2. The maximum atomic E-state index is 12.2. The molecule has 1 heterocycles. The molecule has 1 aliphatic heterocycles. The molecule has 2 aromatic carbocycles. The van der Waals surface area contributed by atoms with Crippen LogP contribution in [-0.4, -0.2) is 49.3 Å². The van der Waals surface area contributed by atoms with Gasteiger partial charge in [-0.2, -0.15) is 0 Å². The molecule has 0 radical (unpaired) electrons. The van der Waals surface area contributed by atoms with E-state index >= 15 is 0 Å². The van der Waals surface area contributed by atoms with E-state index in [-0.39, 0.29) is 18.0 Å². The molecule has 0 amide bonds. The van der Waals surface area contributed by atoms with Crippen molar-refractivity contribution in [1.29, 1.82) is 0 Å². The third-order valence-corrected chi connectivity index (χ3v) is 6.10. The molecular formula is C29H31NO3. The highest BCUT2D eigenvalue weighted by atomic mass is 16.5. The van der Waals surface area contributed by atoms with Crippen LogP contribution in [0, 0.1) is 0 Å². The molecule has 4 nitrogen and oxygen atoms in total. The van der Waals surface area contributed by atoms with Crippen molar-refractivity contribution in [3.05, 3.63) is 88.5 Å². The minimum absolute atomic E-state index is 0.112. The molecule has 0 N–H and O–H groups in total. The van der Waals surface area contributed by atoms with Crippen molar-refractivity contribution in [2.45, 2.75) is 25.7 Å². The summed E-state index contributed by atoms with van der Waals surface area (Å²) in [5.74, 6) is -0.365. The second kappa shape index (κ2) is 11.7. The Kier molecular flexibility index (Phi) is 8.18. The van der Waals surface area contributed by atoms with Gasteiger partial charge < -0.3 is 4.74 Å². The van der Waals surface area contributed by atoms with Crippen molar-refractivity contribution >= 4 is 29.8 Å². The summed E-state index contributed by atoms with van der Waals surface area (Å²) in [6, 6.07) is 14.4. The zero-order valence-corrected chi connectivity index (χ0v) is 19.0. The smallest absolute Gasteiger partial charge is 0.163 e. The van der Waals surface area contributed by atoms with Crippen molar-refractivity contribution in [2.24, 2.45) is 0 Å². The number of morpholine rings is 1. The van der Waals surface area contributed by atoms with Crippen LogP contribution in [0.3, 0.4) is 0 Å². The summed E-state index contributed by atoms with van der Waals surface area (Å²) in [6.07, 6.45) is 13.8. The van der Waals surface area contributed by atoms with Gasteiger partial charge in [0.05, 0.1) is 19.6 Å². The van der Waals surface area contributed by atoms with Gasteiger partial charge in [-0.05, 0) is 65.8 Å². The van der Waals surface area contributed by atoms with Crippen LogP contribution in [0.25, 0.3) is 18.2 Å². The van der Waals surface area contributed by atoms with Crippen LogP contribution >= 0.6 is 0 Å². The Hall–Kier alpha value is -3.08. The van der Waals surface area contributed by atoms with Crippen molar-refractivity contribution in [3.8, 4) is 0 Å². The van der Waals surface area contributed by atoms with Crippen molar-refractivity contribution in [3.63, 3.8) is 0 Å². The molecule has 170 valence electrons. The number of hydrogen-bond acceptors (Lipinski definition) is 4. The van der Waals surface area contributed by atoms with Gasteiger partial charge in [-0.1, -0.05) is 66.8 Å². The number of carbonyl (C=O) groups is 2. The van der Waals surface area contributed by atoms with E-state index in [4.69, 9.17) is 4.74 Å². The van der Waals surface area contributed by atoms with Gasteiger partial charge in [0, 0.05) is 13.1 Å². The lowest BCUT2D eigenvalue weighted by Gasteiger charge is -2.26. The van der Waals surface area contributed by atoms with Crippen molar-refractivity contribution < 1.29 is 14.3 Å². The van der Waals surface area contributed by atoms with Crippen LogP contribution in [0.15, 0.2) is 60.7 Å². The number of ether oxygens (including phenoxy) is 1. The minimum Gasteiger partial charge on any atom is -0.379 e. The lowest BCUT2D eigenvalue weighted by Crippen LogP contribution is -2.36. The summed E-state index contributed by atoms with van der Waals surface area (Å²) in [4.78, 5) is 26.8. The fourth-order valence-electron chi connectivity index (χ4n) is 4.18. The molecule has 0 saturated carbocycles. The summed E-state index contributed by atoms with van der Waals surface area (Å²) in [5.41, 5.74) is 5.76. The first kappa shape index (κ1) is 23.1. The normalized spacial score (nSPS) is 16.0. The molecular weight excluding hydrogens is 410 g/mol. The Morgan fingerprint density at radius 2 is 1.61 bits per heavy atom. The number of aryl methyl sites for hydroxylation is 1. The van der Waals surface area contributed by atoms with E-state index in [1.165, 1.54) is 28.8 Å². The molecule has 1 fully saturated rings. The zero-order valence-electron chi connectivity index (χ0n) is 19.0. The van der Waals surface area contributed by atoms with Crippen LogP contribution in [-0.2, 0) is 27.2 Å². The molecule has 33 heavy (non-hydrogen) atoms. The Bertz CT molecular complexity index is 1060. The lowest BCUT2D eigenvalue weighted by atomic mass is 10.0. The van der Waals surface area contributed by atoms with Gasteiger partial charge in [-0.25, -0.2) is 0 Å². The van der Waals surface area contributed by atoms with Gasteiger partial charge in [-0.15, -0.1) is 0 Å². The van der Waals surface area contributed by atoms with Crippen LogP contribution in [0.2, 0.25) is 0 Å². The molecule has 2 aliphatic rings. The fraction of sp³-hybridized carbons (Fsp3) is 0.310. The maximum Gasteiger partial charge on any atom is 0.163 e. The SMILES string of the molecule is O=C(/C=C/c1ccc(CCCN2CCOCC2)cc1)CC(=O)/C=C/c1ccc2c(c1)CC=C2. The average Bonchev–Trinajstić information content (AvgIpc) is 3.31.